The van der Waals surface area contributed by atoms with Crippen LogP contribution in [0, 0.1) is 11.3 Å². The summed E-state index contributed by atoms with van der Waals surface area (Å²) < 4.78 is 7.27. The van der Waals surface area contributed by atoms with E-state index in [0.717, 1.165) is 22.2 Å². The van der Waals surface area contributed by atoms with Crippen LogP contribution in [0.25, 0.3) is 10.9 Å². The zero-order chi connectivity index (χ0) is 21.4. The number of amides is 1. The summed E-state index contributed by atoms with van der Waals surface area (Å²) in [5, 5.41) is 22.6. The van der Waals surface area contributed by atoms with Crippen molar-refractivity contribution >= 4 is 34.3 Å². The molecule has 154 valence electrons. The number of rotatable bonds is 5. The van der Waals surface area contributed by atoms with Crippen molar-refractivity contribution in [1.82, 2.24) is 14.9 Å². The lowest BCUT2D eigenvalue weighted by molar-refractivity contribution is 0.0690. The van der Waals surface area contributed by atoms with E-state index < -0.39 is 12.1 Å². The molecule has 1 atom stereocenters. The molecule has 8 nitrogen and oxygen atoms in total. The third-order valence-corrected chi connectivity index (χ3v) is 5.93. The molecule has 0 saturated carbocycles. The van der Waals surface area contributed by atoms with Crippen LogP contribution in [0.15, 0.2) is 23.7 Å². The van der Waals surface area contributed by atoms with E-state index in [9.17, 15) is 20.0 Å². The topological polar surface area (TPSA) is 117 Å². The molecular formula is C21H20N4O4S. The molecule has 0 spiro atoms. The molecule has 1 aliphatic carbocycles. The van der Waals surface area contributed by atoms with Crippen molar-refractivity contribution in [3.63, 3.8) is 0 Å². The number of carboxylic acids is 1. The second-order valence-electron chi connectivity index (χ2n) is 7.49. The Balaban J connectivity index is 1.72. The number of benzene rings is 1. The van der Waals surface area contributed by atoms with Gasteiger partial charge in [-0.3, -0.25) is 0 Å². The Bertz CT molecular complexity index is 1190. The molecule has 30 heavy (non-hydrogen) atoms. The number of alkyl carbamates (subject to hydrolysis) is 1. The van der Waals surface area contributed by atoms with E-state index >= 15 is 0 Å². The largest absolute Gasteiger partial charge is 0.476 e. The first-order valence-corrected chi connectivity index (χ1v) is 10.4. The molecule has 2 heterocycles. The average Bonchev–Trinajstić information content (AvgIpc) is 3.37. The summed E-state index contributed by atoms with van der Waals surface area (Å²) in [7, 11) is 0. The van der Waals surface area contributed by atoms with Crippen molar-refractivity contribution < 1.29 is 19.4 Å². The molecule has 1 aliphatic rings. The minimum atomic E-state index is -1.05. The molecule has 0 bridgehead atoms. The van der Waals surface area contributed by atoms with Gasteiger partial charge in [-0.05, 0) is 44.0 Å². The summed E-state index contributed by atoms with van der Waals surface area (Å²) in [5.74, 6) is -1.05. The molecule has 1 unspecified atom stereocenters. The molecular weight excluding hydrogens is 404 g/mol. The third kappa shape index (κ3) is 3.62. The SMILES string of the molecule is CC(C)OC(=O)NC1Cc2c(n(Cc3scnc3C(=O)O)c3ccc(C#N)cc23)C1. The van der Waals surface area contributed by atoms with E-state index in [2.05, 4.69) is 20.9 Å². The molecule has 9 heteroatoms. The number of hydrogen-bond donors (Lipinski definition) is 2. The fourth-order valence-corrected chi connectivity index (χ4v) is 4.70. The number of carbonyl (C=O) groups excluding carboxylic acids is 1. The Kier molecular flexibility index (Phi) is 5.18. The molecule has 0 saturated heterocycles. The lowest BCUT2D eigenvalue weighted by atomic mass is 10.1. The standard InChI is InChI=1S/C21H20N4O4S/c1-11(2)29-21(28)24-13-6-15-14-5-12(8-22)3-4-16(14)25(17(15)7-13)9-18-19(20(26)27)23-10-30-18/h3-5,10-11,13H,6-7,9H2,1-2H3,(H,24,28)(H,26,27). The maximum absolute atomic E-state index is 12.1. The maximum Gasteiger partial charge on any atom is 0.407 e. The Morgan fingerprint density at radius 3 is 2.93 bits per heavy atom. The molecule has 3 aromatic rings. The van der Waals surface area contributed by atoms with Gasteiger partial charge in [0.1, 0.15) is 0 Å². The van der Waals surface area contributed by atoms with E-state index in [4.69, 9.17) is 4.74 Å². The molecule has 4 rings (SSSR count). The van der Waals surface area contributed by atoms with Gasteiger partial charge in [0.25, 0.3) is 0 Å². The fraction of sp³-hybridized carbons (Fsp3) is 0.333. The van der Waals surface area contributed by atoms with Crippen molar-refractivity contribution in [2.75, 3.05) is 0 Å². The minimum absolute atomic E-state index is 0.0532. The second-order valence-corrected chi connectivity index (χ2v) is 8.43. The predicted octanol–water partition coefficient (Wildman–Crippen LogP) is 3.32. The van der Waals surface area contributed by atoms with Crippen LogP contribution in [0.3, 0.4) is 0 Å². The average molecular weight is 424 g/mol. The fourth-order valence-electron chi connectivity index (χ4n) is 3.96. The number of carbonyl (C=O) groups is 2. The van der Waals surface area contributed by atoms with E-state index in [1.807, 2.05) is 12.1 Å². The highest BCUT2D eigenvalue weighted by Gasteiger charge is 2.30. The smallest absolute Gasteiger partial charge is 0.407 e. The lowest BCUT2D eigenvalue weighted by Gasteiger charge is -2.16. The third-order valence-electron chi connectivity index (χ3n) is 5.12. The summed E-state index contributed by atoms with van der Waals surface area (Å²) in [6.07, 6.45) is 0.558. The van der Waals surface area contributed by atoms with Gasteiger partial charge in [0.05, 0.1) is 34.7 Å². The molecule has 2 N–H and O–H groups in total. The number of ether oxygens (including phenoxy) is 1. The van der Waals surface area contributed by atoms with Crippen LogP contribution in [0.4, 0.5) is 4.79 Å². The monoisotopic (exact) mass is 424 g/mol. The number of nitrogens with zero attached hydrogens (tertiary/aromatic N) is 3. The molecule has 1 aromatic carbocycles. The van der Waals surface area contributed by atoms with Gasteiger partial charge in [0.15, 0.2) is 5.69 Å². The summed E-state index contributed by atoms with van der Waals surface area (Å²) in [4.78, 5) is 28.2. The Labute approximate surface area is 176 Å². The van der Waals surface area contributed by atoms with Crippen molar-refractivity contribution in [2.24, 2.45) is 0 Å². The van der Waals surface area contributed by atoms with Gasteiger partial charge in [-0.15, -0.1) is 11.3 Å². The molecule has 1 amide bonds. The quantitative estimate of drug-likeness (QED) is 0.649. The van der Waals surface area contributed by atoms with Crippen LogP contribution in [-0.2, 0) is 24.1 Å². The van der Waals surface area contributed by atoms with Crippen molar-refractivity contribution in [3.05, 3.63) is 51.1 Å². The first-order valence-electron chi connectivity index (χ1n) is 9.54. The Morgan fingerprint density at radius 2 is 2.23 bits per heavy atom. The zero-order valence-corrected chi connectivity index (χ0v) is 17.3. The van der Waals surface area contributed by atoms with E-state index in [1.54, 1.807) is 19.9 Å². The molecule has 2 aromatic heterocycles. The van der Waals surface area contributed by atoms with Crippen molar-refractivity contribution in [1.29, 1.82) is 5.26 Å². The van der Waals surface area contributed by atoms with Crippen LogP contribution in [0.2, 0.25) is 0 Å². The molecule has 0 radical (unpaired) electrons. The van der Waals surface area contributed by atoms with E-state index in [0.29, 0.717) is 29.8 Å². The van der Waals surface area contributed by atoms with Crippen LogP contribution in [-0.4, -0.2) is 38.9 Å². The van der Waals surface area contributed by atoms with Crippen LogP contribution in [0.1, 0.15) is 46.0 Å². The van der Waals surface area contributed by atoms with Gasteiger partial charge >= 0.3 is 12.1 Å². The maximum atomic E-state index is 12.1. The highest BCUT2D eigenvalue weighted by atomic mass is 32.1. The Morgan fingerprint density at radius 1 is 1.43 bits per heavy atom. The van der Waals surface area contributed by atoms with Gasteiger partial charge in [0.2, 0.25) is 0 Å². The van der Waals surface area contributed by atoms with Crippen LogP contribution < -0.4 is 5.32 Å². The lowest BCUT2D eigenvalue weighted by Crippen LogP contribution is -2.37. The minimum Gasteiger partial charge on any atom is -0.476 e. The number of nitriles is 1. The van der Waals surface area contributed by atoms with E-state index in [-0.39, 0.29) is 17.8 Å². The highest BCUT2D eigenvalue weighted by Crippen LogP contribution is 2.35. The predicted molar refractivity (Wildman–Crippen MR) is 111 cm³/mol. The zero-order valence-electron chi connectivity index (χ0n) is 16.5. The number of fused-ring (bicyclic) bond motifs is 3. The number of carboxylic acid groups (broad SMARTS) is 1. The number of thiazole rings is 1. The van der Waals surface area contributed by atoms with Gasteiger partial charge < -0.3 is 19.7 Å². The molecule has 0 aliphatic heterocycles. The second kappa shape index (κ2) is 7.80. The Hall–Kier alpha value is -3.38. The summed E-state index contributed by atoms with van der Waals surface area (Å²) in [5.41, 5.74) is 5.18. The summed E-state index contributed by atoms with van der Waals surface area (Å²) in [6, 6.07) is 7.55. The van der Waals surface area contributed by atoms with E-state index in [1.165, 1.54) is 16.8 Å². The van der Waals surface area contributed by atoms with Crippen molar-refractivity contribution in [3.8, 4) is 6.07 Å². The van der Waals surface area contributed by atoms with Gasteiger partial charge in [0, 0.05) is 29.1 Å². The van der Waals surface area contributed by atoms with Gasteiger partial charge in [-0.1, -0.05) is 0 Å². The number of aromatic carboxylic acids is 1. The summed E-state index contributed by atoms with van der Waals surface area (Å²) in [6.45, 7) is 3.96. The number of hydrogen-bond acceptors (Lipinski definition) is 6. The summed E-state index contributed by atoms with van der Waals surface area (Å²) >= 11 is 1.30. The van der Waals surface area contributed by atoms with Crippen molar-refractivity contribution in [2.45, 2.75) is 45.4 Å². The first-order chi connectivity index (χ1) is 14.4. The van der Waals surface area contributed by atoms with Gasteiger partial charge in [-0.25, -0.2) is 14.6 Å². The number of nitrogens with one attached hydrogen (secondary N) is 1. The van der Waals surface area contributed by atoms with Gasteiger partial charge in [-0.2, -0.15) is 5.26 Å². The van der Waals surface area contributed by atoms with Crippen LogP contribution in [0.5, 0.6) is 0 Å². The number of aromatic nitrogens is 2. The first kappa shape index (κ1) is 19.9. The van der Waals surface area contributed by atoms with Crippen LogP contribution >= 0.6 is 11.3 Å². The molecule has 0 fully saturated rings. The highest BCUT2D eigenvalue weighted by molar-refractivity contribution is 7.09. The normalized spacial score (nSPS) is 15.2.